The number of halogens is 1. The second-order valence-corrected chi connectivity index (χ2v) is 6.72. The molecule has 0 aliphatic heterocycles. The lowest BCUT2D eigenvalue weighted by Crippen LogP contribution is -2.33. The lowest BCUT2D eigenvalue weighted by Gasteiger charge is -2.16. The fourth-order valence-corrected chi connectivity index (χ4v) is 3.62. The molecule has 0 fully saturated rings. The topological polar surface area (TPSA) is 29.9 Å². The fraction of sp³-hybridized carbons (Fsp3) is 0.400. The van der Waals surface area contributed by atoms with E-state index in [2.05, 4.69) is 63.6 Å². The molecule has 0 saturated heterocycles. The van der Waals surface area contributed by atoms with Gasteiger partial charge >= 0.3 is 0 Å². The van der Waals surface area contributed by atoms with Gasteiger partial charge < -0.3 is 5.32 Å². The molecule has 2 rings (SSSR count). The summed E-state index contributed by atoms with van der Waals surface area (Å²) < 4.78 is 2.99. The minimum absolute atomic E-state index is 0.443. The maximum Gasteiger partial charge on any atom is 0.0640 e. The highest BCUT2D eigenvalue weighted by Crippen LogP contribution is 2.23. The summed E-state index contributed by atoms with van der Waals surface area (Å²) in [5.41, 5.74) is 1.15. The lowest BCUT2D eigenvalue weighted by atomic mass is 10.2. The quantitative estimate of drug-likeness (QED) is 0.772. The van der Waals surface area contributed by atoms with Crippen LogP contribution in [0.1, 0.15) is 12.6 Å². The van der Waals surface area contributed by atoms with Crippen molar-refractivity contribution in [1.82, 2.24) is 15.1 Å². The Kier molecular flexibility index (Phi) is 6.13. The highest BCUT2D eigenvalue weighted by molar-refractivity contribution is 9.10. The number of aromatic nitrogens is 2. The van der Waals surface area contributed by atoms with Gasteiger partial charge in [-0.2, -0.15) is 5.10 Å². The molecule has 5 heteroatoms. The molecular weight excluding hydrogens is 334 g/mol. The zero-order valence-corrected chi connectivity index (χ0v) is 14.2. The summed E-state index contributed by atoms with van der Waals surface area (Å²) in [6.07, 6.45) is 2.97. The Balaban J connectivity index is 1.91. The minimum atomic E-state index is 0.443. The van der Waals surface area contributed by atoms with Crippen LogP contribution in [0.2, 0.25) is 0 Å². The number of hydrogen-bond acceptors (Lipinski definition) is 3. The molecule has 3 nitrogen and oxygen atoms in total. The molecule has 1 atom stereocenters. The second kappa shape index (κ2) is 7.86. The molecular formula is C15H20BrN3S. The van der Waals surface area contributed by atoms with Gasteiger partial charge in [0.05, 0.1) is 5.69 Å². The summed E-state index contributed by atoms with van der Waals surface area (Å²) in [6, 6.07) is 11.0. The summed E-state index contributed by atoms with van der Waals surface area (Å²) in [5, 5.41) is 8.01. The number of aryl methyl sites for hydroxylation is 1. The van der Waals surface area contributed by atoms with Gasteiger partial charge in [0.25, 0.3) is 0 Å². The van der Waals surface area contributed by atoms with Crippen LogP contribution in [0.5, 0.6) is 0 Å². The largest absolute Gasteiger partial charge is 0.313 e. The van der Waals surface area contributed by atoms with Gasteiger partial charge in [0.2, 0.25) is 0 Å². The third-order valence-corrected chi connectivity index (χ3v) is 4.61. The number of hydrogen-bond donors (Lipinski definition) is 1. The normalized spacial score (nSPS) is 12.6. The van der Waals surface area contributed by atoms with Crippen molar-refractivity contribution < 1.29 is 0 Å². The van der Waals surface area contributed by atoms with Gasteiger partial charge in [-0.15, -0.1) is 11.8 Å². The summed E-state index contributed by atoms with van der Waals surface area (Å²) in [7, 11) is 1.96. The van der Waals surface area contributed by atoms with Crippen LogP contribution in [0.25, 0.3) is 0 Å². The van der Waals surface area contributed by atoms with E-state index < -0.39 is 0 Å². The molecule has 1 heterocycles. The van der Waals surface area contributed by atoms with Crippen LogP contribution in [0.15, 0.2) is 45.9 Å². The average molecular weight is 354 g/mol. The highest BCUT2D eigenvalue weighted by atomic mass is 79.9. The van der Waals surface area contributed by atoms with E-state index >= 15 is 0 Å². The fourth-order valence-electron chi connectivity index (χ4n) is 2.06. The molecule has 0 saturated carbocycles. The molecule has 20 heavy (non-hydrogen) atoms. The molecule has 0 radical (unpaired) electrons. The van der Waals surface area contributed by atoms with Gasteiger partial charge in [-0.1, -0.05) is 28.9 Å². The summed E-state index contributed by atoms with van der Waals surface area (Å²) >= 11 is 5.40. The Morgan fingerprint density at radius 1 is 1.40 bits per heavy atom. The molecule has 1 N–H and O–H groups in total. The Morgan fingerprint density at radius 3 is 2.90 bits per heavy atom. The van der Waals surface area contributed by atoms with Crippen LogP contribution < -0.4 is 5.32 Å². The smallest absolute Gasteiger partial charge is 0.0640 e. The van der Waals surface area contributed by atoms with E-state index in [4.69, 9.17) is 0 Å². The molecule has 0 aliphatic carbocycles. The SMILES string of the molecule is CCNC(CSc1cccc(Br)c1)Cc1ccn(C)n1. The third-order valence-electron chi connectivity index (χ3n) is 2.96. The molecule has 1 aromatic carbocycles. The average Bonchev–Trinajstić information content (AvgIpc) is 2.82. The van der Waals surface area contributed by atoms with Crippen LogP contribution in [0, 0.1) is 0 Å². The van der Waals surface area contributed by atoms with Gasteiger partial charge in [0, 0.05) is 40.8 Å². The van der Waals surface area contributed by atoms with Crippen molar-refractivity contribution in [2.75, 3.05) is 12.3 Å². The monoisotopic (exact) mass is 353 g/mol. The molecule has 1 unspecified atom stereocenters. The van der Waals surface area contributed by atoms with Crippen LogP contribution in [-0.2, 0) is 13.5 Å². The Morgan fingerprint density at radius 2 is 2.25 bits per heavy atom. The van der Waals surface area contributed by atoms with Gasteiger partial charge in [-0.05, 0) is 30.8 Å². The van der Waals surface area contributed by atoms with Crippen molar-refractivity contribution in [2.24, 2.45) is 7.05 Å². The predicted octanol–water partition coefficient (Wildman–Crippen LogP) is 3.50. The van der Waals surface area contributed by atoms with Crippen molar-refractivity contribution in [2.45, 2.75) is 24.3 Å². The zero-order valence-electron chi connectivity index (χ0n) is 11.8. The summed E-state index contributed by atoms with van der Waals surface area (Å²) in [5.74, 6) is 1.04. The molecule has 0 amide bonds. The van der Waals surface area contributed by atoms with Crippen LogP contribution in [0.3, 0.4) is 0 Å². The van der Waals surface area contributed by atoms with Crippen LogP contribution in [-0.4, -0.2) is 28.1 Å². The first-order valence-corrected chi connectivity index (χ1v) is 8.55. The van der Waals surface area contributed by atoms with Crippen molar-refractivity contribution in [3.05, 3.63) is 46.7 Å². The van der Waals surface area contributed by atoms with E-state index in [0.717, 1.165) is 28.9 Å². The summed E-state index contributed by atoms with van der Waals surface area (Å²) in [4.78, 5) is 1.29. The Labute approximate surface area is 133 Å². The number of nitrogens with zero attached hydrogens (tertiary/aromatic N) is 2. The van der Waals surface area contributed by atoms with Crippen molar-refractivity contribution >= 4 is 27.7 Å². The van der Waals surface area contributed by atoms with Gasteiger partial charge in [-0.3, -0.25) is 4.68 Å². The second-order valence-electron chi connectivity index (χ2n) is 4.71. The van der Waals surface area contributed by atoms with Crippen molar-refractivity contribution in [3.63, 3.8) is 0 Å². The van der Waals surface area contributed by atoms with E-state index in [0.29, 0.717) is 6.04 Å². The third kappa shape index (κ3) is 4.96. The maximum absolute atomic E-state index is 4.46. The molecule has 0 bridgehead atoms. The van der Waals surface area contributed by atoms with E-state index in [1.807, 2.05) is 29.7 Å². The number of likely N-dealkylation sites (N-methyl/N-ethyl adjacent to an activating group) is 1. The number of thioether (sulfide) groups is 1. The Bertz CT molecular complexity index is 541. The molecule has 2 aromatic rings. The lowest BCUT2D eigenvalue weighted by molar-refractivity contribution is 0.561. The first-order valence-electron chi connectivity index (χ1n) is 6.77. The van der Waals surface area contributed by atoms with Crippen molar-refractivity contribution in [1.29, 1.82) is 0 Å². The number of benzene rings is 1. The maximum atomic E-state index is 4.46. The molecule has 0 spiro atoms. The van der Waals surface area contributed by atoms with Crippen LogP contribution >= 0.6 is 27.7 Å². The number of rotatable bonds is 7. The first-order chi connectivity index (χ1) is 9.67. The Hall–Kier alpha value is -0.780. The molecule has 108 valence electrons. The van der Waals surface area contributed by atoms with E-state index in [-0.39, 0.29) is 0 Å². The van der Waals surface area contributed by atoms with Crippen LogP contribution in [0.4, 0.5) is 0 Å². The predicted molar refractivity (Wildman–Crippen MR) is 89.2 cm³/mol. The van der Waals surface area contributed by atoms with Gasteiger partial charge in [0.15, 0.2) is 0 Å². The van der Waals surface area contributed by atoms with E-state index in [1.54, 1.807) is 0 Å². The van der Waals surface area contributed by atoms with Gasteiger partial charge in [0.1, 0.15) is 0 Å². The zero-order chi connectivity index (χ0) is 14.4. The summed E-state index contributed by atoms with van der Waals surface area (Å²) in [6.45, 7) is 3.13. The van der Waals surface area contributed by atoms with E-state index in [1.165, 1.54) is 4.90 Å². The number of nitrogens with one attached hydrogen (secondary N) is 1. The van der Waals surface area contributed by atoms with Gasteiger partial charge in [-0.25, -0.2) is 0 Å². The van der Waals surface area contributed by atoms with Crippen molar-refractivity contribution in [3.8, 4) is 0 Å². The molecule has 0 aliphatic rings. The highest BCUT2D eigenvalue weighted by Gasteiger charge is 2.11. The van der Waals surface area contributed by atoms with E-state index in [9.17, 15) is 0 Å². The minimum Gasteiger partial charge on any atom is -0.313 e. The first kappa shape index (κ1) is 15.6. The molecule has 1 aromatic heterocycles. The standard InChI is InChI=1S/C15H20BrN3S/c1-3-17-14(10-13-7-8-19(2)18-13)11-20-15-6-4-5-12(16)9-15/h4-9,14,17H,3,10-11H2,1-2H3.